The van der Waals surface area contributed by atoms with Crippen LogP contribution in [0.3, 0.4) is 0 Å². The van der Waals surface area contributed by atoms with Crippen molar-refractivity contribution >= 4 is 16.6 Å². The number of aromatic nitrogens is 1. The standard InChI is InChI=1S/C10H7F3N2O.C2H6/c11-10(12,13)7-4-9(16)15-8-2-1-5(14)3-6(7)8;1-2/h1-4H,14H2,(H,15,16);1-2H3. The van der Waals surface area contributed by atoms with Gasteiger partial charge in [-0.2, -0.15) is 13.2 Å². The zero-order chi connectivity index (χ0) is 13.9. The van der Waals surface area contributed by atoms with Crippen LogP contribution in [0.5, 0.6) is 0 Å². The third-order valence-corrected chi connectivity index (χ3v) is 2.17. The minimum Gasteiger partial charge on any atom is -0.399 e. The second kappa shape index (κ2) is 5.12. The van der Waals surface area contributed by atoms with Crippen LogP contribution in [0.15, 0.2) is 29.1 Å². The van der Waals surface area contributed by atoms with E-state index in [9.17, 15) is 18.0 Å². The minimum absolute atomic E-state index is 0.105. The van der Waals surface area contributed by atoms with Crippen LogP contribution < -0.4 is 11.3 Å². The summed E-state index contributed by atoms with van der Waals surface area (Å²) in [5.41, 5.74) is 3.99. The van der Waals surface area contributed by atoms with Gasteiger partial charge in [-0.3, -0.25) is 4.79 Å². The van der Waals surface area contributed by atoms with E-state index in [2.05, 4.69) is 4.98 Å². The highest BCUT2D eigenvalue weighted by atomic mass is 19.4. The van der Waals surface area contributed by atoms with Gasteiger partial charge in [0, 0.05) is 22.7 Å². The number of fused-ring (bicyclic) bond motifs is 1. The summed E-state index contributed by atoms with van der Waals surface area (Å²) in [6, 6.07) is 4.50. The third kappa shape index (κ3) is 2.82. The molecule has 6 heteroatoms. The number of anilines is 1. The smallest absolute Gasteiger partial charge is 0.399 e. The van der Waals surface area contributed by atoms with E-state index in [1.165, 1.54) is 18.2 Å². The van der Waals surface area contributed by atoms with Gasteiger partial charge in [-0.05, 0) is 18.2 Å². The number of nitrogens with one attached hydrogen (secondary N) is 1. The number of halogens is 3. The fourth-order valence-corrected chi connectivity index (χ4v) is 1.51. The third-order valence-electron chi connectivity index (χ3n) is 2.17. The van der Waals surface area contributed by atoms with E-state index in [0.717, 1.165) is 0 Å². The molecule has 0 saturated carbocycles. The molecule has 0 fully saturated rings. The second-order valence-electron chi connectivity index (χ2n) is 3.35. The van der Waals surface area contributed by atoms with Crippen LogP contribution >= 0.6 is 0 Å². The maximum Gasteiger partial charge on any atom is 0.417 e. The number of aromatic amines is 1. The second-order valence-corrected chi connectivity index (χ2v) is 3.35. The number of nitrogen functional groups attached to an aromatic ring is 1. The first-order valence-corrected chi connectivity index (χ1v) is 5.38. The first kappa shape index (κ1) is 14.1. The molecule has 3 nitrogen and oxygen atoms in total. The number of nitrogens with two attached hydrogens (primary N) is 1. The van der Waals surface area contributed by atoms with Crippen molar-refractivity contribution in [2.45, 2.75) is 20.0 Å². The monoisotopic (exact) mass is 258 g/mol. The number of pyridine rings is 1. The highest BCUT2D eigenvalue weighted by Crippen LogP contribution is 2.33. The van der Waals surface area contributed by atoms with Crippen LogP contribution in [0.25, 0.3) is 10.9 Å². The van der Waals surface area contributed by atoms with E-state index in [1.54, 1.807) is 0 Å². The summed E-state index contributed by atoms with van der Waals surface area (Å²) in [6.07, 6.45) is -4.57. The molecule has 2 aromatic rings. The summed E-state index contributed by atoms with van der Waals surface area (Å²) in [5.74, 6) is 0. The first-order valence-electron chi connectivity index (χ1n) is 5.38. The fraction of sp³-hybridized carbons (Fsp3) is 0.250. The lowest BCUT2D eigenvalue weighted by Crippen LogP contribution is -2.13. The average Bonchev–Trinajstić information content (AvgIpc) is 2.30. The molecule has 1 aromatic heterocycles. The predicted molar refractivity (Wildman–Crippen MR) is 65.3 cm³/mol. The molecule has 2 rings (SSSR count). The van der Waals surface area contributed by atoms with E-state index in [-0.39, 0.29) is 16.6 Å². The number of rotatable bonds is 0. The lowest BCUT2D eigenvalue weighted by Gasteiger charge is -2.09. The first-order chi connectivity index (χ1) is 8.38. The van der Waals surface area contributed by atoms with Crippen LogP contribution in [0, 0.1) is 0 Å². The lowest BCUT2D eigenvalue weighted by molar-refractivity contribution is -0.136. The Labute approximate surface area is 101 Å². The van der Waals surface area contributed by atoms with Crippen molar-refractivity contribution in [1.29, 1.82) is 0 Å². The summed E-state index contributed by atoms with van der Waals surface area (Å²) >= 11 is 0. The molecule has 98 valence electrons. The maximum absolute atomic E-state index is 12.6. The molecule has 0 aliphatic heterocycles. The quantitative estimate of drug-likeness (QED) is 0.713. The van der Waals surface area contributed by atoms with Gasteiger partial charge in [0.1, 0.15) is 0 Å². The average molecular weight is 258 g/mol. The molecule has 0 bridgehead atoms. The van der Waals surface area contributed by atoms with Crippen molar-refractivity contribution in [3.05, 3.63) is 40.2 Å². The Balaban J connectivity index is 0.000000771. The summed E-state index contributed by atoms with van der Waals surface area (Å²) in [4.78, 5) is 13.4. The summed E-state index contributed by atoms with van der Waals surface area (Å²) in [5, 5.41) is -0.105. The van der Waals surface area contributed by atoms with Crippen molar-refractivity contribution in [3.63, 3.8) is 0 Å². The van der Waals surface area contributed by atoms with Crippen LogP contribution in [-0.2, 0) is 6.18 Å². The SMILES string of the molecule is CC.Nc1ccc2[nH]c(=O)cc(C(F)(F)F)c2c1. The molecule has 1 heterocycles. The molecule has 0 saturated heterocycles. The van der Waals surface area contributed by atoms with Crippen molar-refractivity contribution in [3.8, 4) is 0 Å². The Hall–Kier alpha value is -1.98. The lowest BCUT2D eigenvalue weighted by atomic mass is 10.1. The number of hydrogen-bond acceptors (Lipinski definition) is 2. The van der Waals surface area contributed by atoms with E-state index in [1.807, 2.05) is 13.8 Å². The minimum atomic E-state index is -4.57. The zero-order valence-corrected chi connectivity index (χ0v) is 9.93. The van der Waals surface area contributed by atoms with E-state index in [4.69, 9.17) is 5.73 Å². The van der Waals surface area contributed by atoms with E-state index >= 15 is 0 Å². The van der Waals surface area contributed by atoms with E-state index < -0.39 is 17.3 Å². The largest absolute Gasteiger partial charge is 0.417 e. The maximum atomic E-state index is 12.6. The molecule has 0 aliphatic carbocycles. The number of hydrogen-bond donors (Lipinski definition) is 2. The fourth-order valence-electron chi connectivity index (χ4n) is 1.51. The van der Waals surface area contributed by atoms with Gasteiger partial charge in [-0.25, -0.2) is 0 Å². The van der Waals surface area contributed by atoms with Gasteiger partial charge in [0.25, 0.3) is 0 Å². The van der Waals surface area contributed by atoms with Gasteiger partial charge in [0.15, 0.2) is 0 Å². The van der Waals surface area contributed by atoms with Crippen LogP contribution in [-0.4, -0.2) is 4.98 Å². The molecular weight excluding hydrogens is 245 g/mol. The van der Waals surface area contributed by atoms with Gasteiger partial charge in [0.05, 0.1) is 5.56 Å². The highest BCUT2D eigenvalue weighted by Gasteiger charge is 2.33. The van der Waals surface area contributed by atoms with Gasteiger partial charge in [-0.1, -0.05) is 13.8 Å². The predicted octanol–water partition coefficient (Wildman–Crippen LogP) is 3.16. The van der Waals surface area contributed by atoms with Crippen LogP contribution in [0.2, 0.25) is 0 Å². The van der Waals surface area contributed by atoms with Crippen molar-refractivity contribution in [1.82, 2.24) is 4.98 Å². The van der Waals surface area contributed by atoms with Crippen molar-refractivity contribution in [2.75, 3.05) is 5.73 Å². The van der Waals surface area contributed by atoms with Crippen LogP contribution in [0.1, 0.15) is 19.4 Å². The number of alkyl halides is 3. The Morgan fingerprint density at radius 3 is 2.33 bits per heavy atom. The summed E-state index contributed by atoms with van der Waals surface area (Å²) in [7, 11) is 0. The Morgan fingerprint density at radius 1 is 1.17 bits per heavy atom. The molecule has 0 unspecified atom stereocenters. The normalized spacial score (nSPS) is 10.9. The van der Waals surface area contributed by atoms with Crippen molar-refractivity contribution < 1.29 is 13.2 Å². The molecule has 0 aliphatic rings. The summed E-state index contributed by atoms with van der Waals surface area (Å²) < 4.78 is 37.9. The molecule has 0 amide bonds. The molecular formula is C12H13F3N2O. The number of benzene rings is 1. The van der Waals surface area contributed by atoms with Gasteiger partial charge < -0.3 is 10.7 Å². The molecule has 1 aromatic carbocycles. The van der Waals surface area contributed by atoms with Crippen molar-refractivity contribution in [2.24, 2.45) is 0 Å². The Bertz CT molecular complexity index is 602. The number of H-pyrrole nitrogens is 1. The zero-order valence-electron chi connectivity index (χ0n) is 9.93. The topological polar surface area (TPSA) is 58.9 Å². The van der Waals surface area contributed by atoms with E-state index in [0.29, 0.717) is 6.07 Å². The summed E-state index contributed by atoms with van der Waals surface area (Å²) in [6.45, 7) is 4.00. The van der Waals surface area contributed by atoms with Gasteiger partial charge in [-0.15, -0.1) is 0 Å². The van der Waals surface area contributed by atoms with Gasteiger partial charge in [0.2, 0.25) is 5.56 Å². The molecule has 18 heavy (non-hydrogen) atoms. The Kier molecular flexibility index (Phi) is 4.00. The molecule has 0 radical (unpaired) electrons. The van der Waals surface area contributed by atoms with Crippen LogP contribution in [0.4, 0.5) is 18.9 Å². The molecule has 3 N–H and O–H groups in total. The molecule has 0 atom stereocenters. The highest BCUT2D eigenvalue weighted by molar-refractivity contribution is 5.85. The van der Waals surface area contributed by atoms with Gasteiger partial charge >= 0.3 is 6.18 Å². The Morgan fingerprint density at radius 2 is 1.78 bits per heavy atom. The molecule has 0 spiro atoms.